The molecule has 1 aromatic heterocycles. The zero-order valence-corrected chi connectivity index (χ0v) is 13.9. The number of carbonyl (C=O) groups excluding carboxylic acids is 2. The van der Waals surface area contributed by atoms with Crippen LogP contribution in [0, 0.1) is 0 Å². The van der Waals surface area contributed by atoms with Crippen LogP contribution in [0.5, 0.6) is 0 Å². The van der Waals surface area contributed by atoms with E-state index in [1.807, 2.05) is 6.07 Å². The van der Waals surface area contributed by atoms with Gasteiger partial charge in [0, 0.05) is 4.47 Å². The van der Waals surface area contributed by atoms with Gasteiger partial charge in [-0.1, -0.05) is 28.1 Å². The van der Waals surface area contributed by atoms with Crippen molar-refractivity contribution >= 4 is 39.8 Å². The number of amides is 2. The Bertz CT molecular complexity index is 784. The lowest BCUT2D eigenvalue weighted by molar-refractivity contribution is -0.137. The van der Waals surface area contributed by atoms with Crippen molar-refractivity contribution in [2.24, 2.45) is 0 Å². The molecule has 0 spiro atoms. The molecule has 0 atom stereocenters. The lowest BCUT2D eigenvalue weighted by Gasteiger charge is -2.09. The quantitative estimate of drug-likeness (QED) is 0.651. The van der Waals surface area contributed by atoms with Crippen LogP contribution in [0.4, 0.5) is 0 Å². The van der Waals surface area contributed by atoms with Crippen LogP contribution in [-0.2, 0) is 9.59 Å². The molecule has 0 unspecified atom stereocenters. The summed E-state index contributed by atoms with van der Waals surface area (Å²) in [6.45, 7) is -0.564. The number of hydrogen-bond acceptors (Lipinski definition) is 4. The Hall–Kier alpha value is -2.87. The fourth-order valence-electron chi connectivity index (χ4n) is 1.76. The second kappa shape index (κ2) is 8.11. The summed E-state index contributed by atoms with van der Waals surface area (Å²) in [5.74, 6) is -2.51. The maximum absolute atomic E-state index is 12.1. The molecule has 1 heterocycles. The number of carboxylic acid groups (broad SMARTS) is 1. The van der Waals surface area contributed by atoms with Crippen LogP contribution in [-0.4, -0.2) is 29.4 Å². The highest BCUT2D eigenvalue weighted by molar-refractivity contribution is 9.10. The van der Waals surface area contributed by atoms with E-state index in [0.717, 1.165) is 4.47 Å². The lowest BCUT2D eigenvalue weighted by atomic mass is 10.2. The van der Waals surface area contributed by atoms with E-state index in [0.29, 0.717) is 5.56 Å². The molecule has 0 saturated heterocycles. The van der Waals surface area contributed by atoms with E-state index in [1.54, 1.807) is 18.2 Å². The van der Waals surface area contributed by atoms with Crippen molar-refractivity contribution < 1.29 is 23.9 Å². The molecule has 124 valence electrons. The zero-order chi connectivity index (χ0) is 17.5. The molecular weight excluding hydrogens is 380 g/mol. The molecule has 7 nitrogen and oxygen atoms in total. The highest BCUT2D eigenvalue weighted by Crippen LogP contribution is 2.14. The van der Waals surface area contributed by atoms with E-state index in [2.05, 4.69) is 26.6 Å². The van der Waals surface area contributed by atoms with Crippen molar-refractivity contribution in [2.75, 3.05) is 6.54 Å². The maximum Gasteiger partial charge on any atom is 0.322 e. The zero-order valence-electron chi connectivity index (χ0n) is 12.3. The third-order valence-electron chi connectivity index (χ3n) is 2.80. The van der Waals surface area contributed by atoms with Gasteiger partial charge in [0.15, 0.2) is 5.76 Å². The molecule has 8 heteroatoms. The van der Waals surface area contributed by atoms with Crippen LogP contribution in [0.25, 0.3) is 6.08 Å². The van der Waals surface area contributed by atoms with Gasteiger partial charge in [-0.15, -0.1) is 0 Å². The molecule has 0 saturated carbocycles. The number of carboxylic acids is 1. The van der Waals surface area contributed by atoms with Gasteiger partial charge in [-0.05, 0) is 35.9 Å². The molecule has 3 N–H and O–H groups in total. The summed E-state index contributed by atoms with van der Waals surface area (Å²) in [6.07, 6.45) is 2.76. The van der Waals surface area contributed by atoms with Gasteiger partial charge in [0.25, 0.3) is 11.8 Å². The fraction of sp³-hybridized carbons (Fsp3) is 0.0625. The topological polar surface area (TPSA) is 109 Å². The van der Waals surface area contributed by atoms with Crippen LogP contribution < -0.4 is 10.6 Å². The normalized spacial score (nSPS) is 11.0. The first-order chi connectivity index (χ1) is 11.5. The standard InChI is InChI=1S/C16H13BrN2O5/c17-11-4-1-3-10(7-11)8-12(15(22)18-9-14(20)21)19-16(23)13-5-2-6-24-13/h1-8H,9H2,(H,18,22)(H,19,23)(H,20,21)/b12-8-. The first kappa shape index (κ1) is 17.5. The SMILES string of the molecule is O=C(O)CNC(=O)/C(=C/c1cccc(Br)c1)NC(=O)c1ccco1. The Morgan fingerprint density at radius 3 is 2.62 bits per heavy atom. The predicted molar refractivity (Wildman–Crippen MR) is 88.9 cm³/mol. The van der Waals surface area contributed by atoms with Gasteiger partial charge in [-0.3, -0.25) is 14.4 Å². The number of nitrogens with one attached hydrogen (secondary N) is 2. The average molecular weight is 393 g/mol. The Kier molecular flexibility index (Phi) is 5.91. The van der Waals surface area contributed by atoms with Crippen molar-refractivity contribution in [2.45, 2.75) is 0 Å². The van der Waals surface area contributed by atoms with E-state index >= 15 is 0 Å². The van der Waals surface area contributed by atoms with Gasteiger partial charge in [-0.25, -0.2) is 0 Å². The van der Waals surface area contributed by atoms with Gasteiger partial charge in [0.05, 0.1) is 6.26 Å². The van der Waals surface area contributed by atoms with Gasteiger partial charge >= 0.3 is 5.97 Å². The lowest BCUT2D eigenvalue weighted by Crippen LogP contribution is -2.37. The summed E-state index contributed by atoms with van der Waals surface area (Å²) < 4.78 is 5.76. The Balaban J connectivity index is 2.25. The third-order valence-corrected chi connectivity index (χ3v) is 3.29. The summed E-state index contributed by atoms with van der Waals surface area (Å²) in [5.41, 5.74) is 0.542. The monoisotopic (exact) mass is 392 g/mol. The minimum absolute atomic E-state index is 0.0289. The number of benzene rings is 1. The molecule has 0 aliphatic heterocycles. The molecule has 24 heavy (non-hydrogen) atoms. The van der Waals surface area contributed by atoms with Crippen LogP contribution in [0.15, 0.2) is 57.2 Å². The van der Waals surface area contributed by atoms with E-state index in [1.165, 1.54) is 24.5 Å². The van der Waals surface area contributed by atoms with Crippen LogP contribution >= 0.6 is 15.9 Å². The number of furan rings is 1. The summed E-state index contributed by atoms with van der Waals surface area (Å²) >= 11 is 3.31. The largest absolute Gasteiger partial charge is 0.480 e. The fourth-order valence-corrected chi connectivity index (χ4v) is 2.18. The van der Waals surface area contributed by atoms with Gasteiger partial charge < -0.3 is 20.2 Å². The van der Waals surface area contributed by atoms with Crippen molar-refractivity contribution in [1.82, 2.24) is 10.6 Å². The number of halogens is 1. The van der Waals surface area contributed by atoms with Gasteiger partial charge in [0.1, 0.15) is 12.2 Å². The van der Waals surface area contributed by atoms with Crippen molar-refractivity contribution in [3.05, 3.63) is 64.2 Å². The van der Waals surface area contributed by atoms with Crippen LogP contribution in [0.3, 0.4) is 0 Å². The van der Waals surface area contributed by atoms with E-state index in [4.69, 9.17) is 9.52 Å². The number of rotatable bonds is 6. The number of carbonyl (C=O) groups is 3. The second-order valence-electron chi connectivity index (χ2n) is 4.62. The van der Waals surface area contributed by atoms with E-state index in [9.17, 15) is 14.4 Å². The highest BCUT2D eigenvalue weighted by atomic mass is 79.9. The molecule has 1 aromatic carbocycles. The van der Waals surface area contributed by atoms with Gasteiger partial charge in [-0.2, -0.15) is 0 Å². The molecular formula is C16H13BrN2O5. The minimum atomic E-state index is -1.19. The molecule has 2 aromatic rings. The Morgan fingerprint density at radius 2 is 2.00 bits per heavy atom. The highest BCUT2D eigenvalue weighted by Gasteiger charge is 2.16. The van der Waals surface area contributed by atoms with Crippen molar-refractivity contribution in [3.8, 4) is 0 Å². The predicted octanol–water partition coefficient (Wildman–Crippen LogP) is 2.01. The van der Waals surface area contributed by atoms with E-state index in [-0.39, 0.29) is 11.5 Å². The Labute approximate surface area is 145 Å². The number of hydrogen-bond donors (Lipinski definition) is 3. The molecule has 0 aliphatic rings. The van der Waals surface area contributed by atoms with E-state index < -0.39 is 24.3 Å². The van der Waals surface area contributed by atoms with Crippen molar-refractivity contribution in [3.63, 3.8) is 0 Å². The summed E-state index contributed by atoms with van der Waals surface area (Å²) in [6, 6.07) is 10.0. The van der Waals surface area contributed by atoms with Gasteiger partial charge in [0.2, 0.25) is 0 Å². The third kappa shape index (κ3) is 5.10. The molecule has 0 bridgehead atoms. The second-order valence-corrected chi connectivity index (χ2v) is 5.54. The molecule has 2 amide bonds. The molecule has 0 fully saturated rings. The average Bonchev–Trinajstić information content (AvgIpc) is 3.06. The smallest absolute Gasteiger partial charge is 0.322 e. The molecule has 0 radical (unpaired) electrons. The molecule has 2 rings (SSSR count). The first-order valence-corrected chi connectivity index (χ1v) is 7.57. The van der Waals surface area contributed by atoms with Crippen LogP contribution in [0.1, 0.15) is 16.1 Å². The summed E-state index contributed by atoms with van der Waals surface area (Å²) in [5, 5.41) is 13.3. The molecule has 0 aliphatic carbocycles. The summed E-state index contributed by atoms with van der Waals surface area (Å²) in [7, 11) is 0. The summed E-state index contributed by atoms with van der Waals surface area (Å²) in [4.78, 5) is 34.8. The van der Waals surface area contributed by atoms with Crippen molar-refractivity contribution in [1.29, 1.82) is 0 Å². The number of aliphatic carboxylic acids is 1. The maximum atomic E-state index is 12.1. The van der Waals surface area contributed by atoms with Crippen LogP contribution in [0.2, 0.25) is 0 Å². The first-order valence-electron chi connectivity index (χ1n) is 6.78. The minimum Gasteiger partial charge on any atom is -0.480 e. The Morgan fingerprint density at radius 1 is 1.21 bits per heavy atom.